The summed E-state index contributed by atoms with van der Waals surface area (Å²) in [4.78, 5) is 49.9. The first-order valence-corrected chi connectivity index (χ1v) is 11.3. The van der Waals surface area contributed by atoms with Crippen molar-refractivity contribution >= 4 is 23.9 Å². The van der Waals surface area contributed by atoms with Gasteiger partial charge >= 0.3 is 23.9 Å². The summed E-state index contributed by atoms with van der Waals surface area (Å²) in [5, 5.41) is 0. The third kappa shape index (κ3) is 4.11. The van der Waals surface area contributed by atoms with Crippen molar-refractivity contribution in [2.24, 2.45) is 11.3 Å². The Morgan fingerprint density at radius 3 is 2.61 bits per heavy atom. The summed E-state index contributed by atoms with van der Waals surface area (Å²) in [7, 11) is 1.31. The molecule has 2 bridgehead atoms. The van der Waals surface area contributed by atoms with Gasteiger partial charge in [0.2, 0.25) is 0 Å². The van der Waals surface area contributed by atoms with Crippen molar-refractivity contribution in [1.29, 1.82) is 0 Å². The van der Waals surface area contributed by atoms with Crippen LogP contribution in [0.25, 0.3) is 0 Å². The van der Waals surface area contributed by atoms with Gasteiger partial charge in [-0.1, -0.05) is 18.2 Å². The number of methoxy groups -OCH3 is 1. The van der Waals surface area contributed by atoms with Crippen molar-refractivity contribution in [3.8, 4) is 0 Å². The predicted octanol–water partition coefficient (Wildman–Crippen LogP) is 3.35. The Hall–Kier alpha value is -2.90. The van der Waals surface area contributed by atoms with Gasteiger partial charge in [-0.3, -0.25) is 9.59 Å². The van der Waals surface area contributed by atoms with E-state index in [4.69, 9.17) is 18.9 Å². The first-order valence-electron chi connectivity index (χ1n) is 11.3. The minimum absolute atomic E-state index is 0.238. The lowest BCUT2D eigenvalue weighted by atomic mass is 9.62. The molecule has 1 saturated carbocycles. The molecule has 0 spiro atoms. The maximum Gasteiger partial charge on any atom is 0.333 e. The zero-order valence-corrected chi connectivity index (χ0v) is 19.9. The molecule has 0 N–H and O–H groups in total. The molecule has 1 aliphatic heterocycles. The molecule has 2 aliphatic carbocycles. The number of hydrogen-bond acceptors (Lipinski definition) is 8. The average molecular weight is 461 g/mol. The molecule has 8 heteroatoms. The smallest absolute Gasteiger partial charge is 0.333 e. The molecule has 180 valence electrons. The Morgan fingerprint density at radius 2 is 1.97 bits per heavy atom. The average Bonchev–Trinajstić information content (AvgIpc) is 2.90. The van der Waals surface area contributed by atoms with Crippen molar-refractivity contribution in [2.75, 3.05) is 13.7 Å². The fraction of sp³-hybridized carbons (Fsp3) is 0.600. The molecule has 3 aliphatic rings. The summed E-state index contributed by atoms with van der Waals surface area (Å²) in [5.74, 6) is -2.11. The van der Waals surface area contributed by atoms with Crippen LogP contribution in [0.1, 0.15) is 59.8 Å². The van der Waals surface area contributed by atoms with Crippen LogP contribution < -0.4 is 0 Å². The highest BCUT2D eigenvalue weighted by Crippen LogP contribution is 2.65. The third-order valence-corrected chi connectivity index (χ3v) is 7.23. The fourth-order valence-corrected chi connectivity index (χ4v) is 5.69. The van der Waals surface area contributed by atoms with E-state index in [1.54, 1.807) is 45.1 Å². The second kappa shape index (κ2) is 9.15. The summed E-state index contributed by atoms with van der Waals surface area (Å²) in [6, 6.07) is 0. The first kappa shape index (κ1) is 24.7. The van der Waals surface area contributed by atoms with E-state index in [2.05, 4.69) is 0 Å². The second-order valence-corrected chi connectivity index (χ2v) is 9.08. The molecule has 1 heterocycles. The van der Waals surface area contributed by atoms with Crippen LogP contribution >= 0.6 is 0 Å². The van der Waals surface area contributed by atoms with Crippen LogP contribution in [-0.2, 0) is 38.1 Å². The fourth-order valence-electron chi connectivity index (χ4n) is 5.69. The first-order chi connectivity index (χ1) is 15.5. The van der Waals surface area contributed by atoms with E-state index < -0.39 is 40.5 Å². The van der Waals surface area contributed by atoms with Crippen molar-refractivity contribution in [3.05, 3.63) is 35.5 Å². The number of ether oxygens (including phenoxy) is 4. The maximum absolute atomic E-state index is 13.5. The Labute approximate surface area is 194 Å². The monoisotopic (exact) mass is 460 g/mol. The van der Waals surface area contributed by atoms with Crippen LogP contribution in [0.4, 0.5) is 0 Å². The Bertz CT molecular complexity index is 944. The number of cyclic esters (lactones) is 1. The molecule has 8 nitrogen and oxygen atoms in total. The van der Waals surface area contributed by atoms with Crippen molar-refractivity contribution in [3.63, 3.8) is 0 Å². The number of carbonyl (C=O) groups is 4. The molecule has 3 rings (SSSR count). The van der Waals surface area contributed by atoms with Crippen LogP contribution in [0.15, 0.2) is 35.5 Å². The Kier molecular flexibility index (Phi) is 6.86. The summed E-state index contributed by atoms with van der Waals surface area (Å²) in [5.41, 5.74) is -2.34. The normalized spacial score (nSPS) is 33.5. The summed E-state index contributed by atoms with van der Waals surface area (Å²) < 4.78 is 21.9. The van der Waals surface area contributed by atoms with Gasteiger partial charge in [-0.15, -0.1) is 0 Å². The molecule has 0 aromatic heterocycles. The van der Waals surface area contributed by atoms with Gasteiger partial charge < -0.3 is 18.9 Å². The Morgan fingerprint density at radius 1 is 1.24 bits per heavy atom. The topological polar surface area (TPSA) is 105 Å². The quantitative estimate of drug-likeness (QED) is 0.257. The van der Waals surface area contributed by atoms with Crippen LogP contribution in [0, 0.1) is 11.3 Å². The number of esters is 4. The molecular formula is C25H32O8. The van der Waals surface area contributed by atoms with Gasteiger partial charge in [-0.25, -0.2) is 9.59 Å². The van der Waals surface area contributed by atoms with Crippen molar-refractivity contribution < 1.29 is 38.1 Å². The summed E-state index contributed by atoms with van der Waals surface area (Å²) >= 11 is 0. The van der Waals surface area contributed by atoms with Gasteiger partial charge in [0.05, 0.1) is 13.7 Å². The zero-order chi connectivity index (χ0) is 24.4. The van der Waals surface area contributed by atoms with Crippen molar-refractivity contribution in [2.45, 2.75) is 71.0 Å². The van der Waals surface area contributed by atoms with E-state index in [0.29, 0.717) is 36.8 Å². The standard InChI is InChI=1S/C25H32O8/c1-6-31-20(27)16(2)8-7-12-23(4)19-11-14-24(22(29)33-23)13-9-18(21(28)30-5)10-15-25(19,24)32-17(3)26/h7-9,12,19H,6,10-11,13-15H2,1-5H3/b12-7+,16-8+/t19-,23+,24+,25-/m0/s1. The van der Waals surface area contributed by atoms with Crippen LogP contribution in [0.2, 0.25) is 0 Å². The largest absolute Gasteiger partial charge is 0.466 e. The SMILES string of the molecule is CCOC(=O)/C(C)=C/C=C/[C@@]1(C)OC(=O)[C@]23CC=C(C(=O)OC)CC[C@]2(OC(C)=O)[C@H]1CC3. The maximum atomic E-state index is 13.5. The highest BCUT2D eigenvalue weighted by atomic mass is 16.6. The molecule has 0 aromatic rings. The molecule has 0 radical (unpaired) electrons. The van der Waals surface area contributed by atoms with Crippen LogP contribution in [0.3, 0.4) is 0 Å². The molecule has 4 atom stereocenters. The number of carbonyl (C=O) groups excluding carboxylic acids is 4. The third-order valence-electron chi connectivity index (χ3n) is 7.23. The lowest BCUT2D eigenvalue weighted by molar-refractivity contribution is -0.235. The van der Waals surface area contributed by atoms with E-state index in [1.807, 2.05) is 0 Å². The van der Waals surface area contributed by atoms with Gasteiger partial charge in [0, 0.05) is 24.0 Å². The van der Waals surface area contributed by atoms with Crippen LogP contribution in [-0.4, -0.2) is 48.8 Å². The van der Waals surface area contributed by atoms with Crippen molar-refractivity contribution in [1.82, 2.24) is 0 Å². The number of rotatable bonds is 6. The zero-order valence-electron chi connectivity index (χ0n) is 19.9. The van der Waals surface area contributed by atoms with Gasteiger partial charge in [0.25, 0.3) is 0 Å². The second-order valence-electron chi connectivity index (χ2n) is 9.08. The number of allylic oxidation sites excluding steroid dienone is 3. The van der Waals surface area contributed by atoms with E-state index in [1.165, 1.54) is 14.0 Å². The van der Waals surface area contributed by atoms with Gasteiger partial charge in [0.15, 0.2) is 0 Å². The highest BCUT2D eigenvalue weighted by molar-refractivity contribution is 5.90. The summed E-state index contributed by atoms with van der Waals surface area (Å²) in [6.07, 6.45) is 8.71. The Balaban J connectivity index is 2.01. The van der Waals surface area contributed by atoms with Gasteiger partial charge in [-0.05, 0) is 59.0 Å². The summed E-state index contributed by atoms with van der Waals surface area (Å²) in [6.45, 7) is 6.78. The number of hydrogen-bond donors (Lipinski definition) is 0. The lowest BCUT2D eigenvalue weighted by Crippen LogP contribution is -2.65. The molecule has 2 fully saturated rings. The molecule has 0 unspecified atom stereocenters. The van der Waals surface area contributed by atoms with E-state index >= 15 is 0 Å². The van der Waals surface area contributed by atoms with E-state index in [9.17, 15) is 19.2 Å². The van der Waals surface area contributed by atoms with Crippen LogP contribution in [0.5, 0.6) is 0 Å². The minimum atomic E-state index is -1.11. The lowest BCUT2D eigenvalue weighted by Gasteiger charge is -2.54. The molecular weight excluding hydrogens is 428 g/mol. The van der Waals surface area contributed by atoms with E-state index in [-0.39, 0.29) is 18.9 Å². The molecule has 33 heavy (non-hydrogen) atoms. The van der Waals surface area contributed by atoms with E-state index in [0.717, 1.165) is 0 Å². The molecule has 0 aromatic carbocycles. The molecule has 0 amide bonds. The molecule has 1 saturated heterocycles. The van der Waals surface area contributed by atoms with Gasteiger partial charge in [0.1, 0.15) is 16.6 Å². The highest BCUT2D eigenvalue weighted by Gasteiger charge is 2.74. The minimum Gasteiger partial charge on any atom is -0.466 e. The van der Waals surface area contributed by atoms with Gasteiger partial charge in [-0.2, -0.15) is 0 Å². The predicted molar refractivity (Wildman–Crippen MR) is 118 cm³/mol.